The molecule has 0 radical (unpaired) electrons. The zero-order valence-corrected chi connectivity index (χ0v) is 10.5. The van der Waals surface area contributed by atoms with Gasteiger partial charge in [0.2, 0.25) is 0 Å². The van der Waals surface area contributed by atoms with E-state index in [2.05, 4.69) is 0 Å². The second kappa shape index (κ2) is 6.73. The number of nitrogens with two attached hydrogens (primary N) is 1. The van der Waals surface area contributed by atoms with E-state index >= 15 is 0 Å². The summed E-state index contributed by atoms with van der Waals surface area (Å²) < 4.78 is 10.4. The van der Waals surface area contributed by atoms with Crippen molar-refractivity contribution in [2.45, 2.75) is 38.9 Å². The molecule has 5 nitrogen and oxygen atoms in total. The smallest absolute Gasteiger partial charge is 0.139 e. The van der Waals surface area contributed by atoms with Crippen LogP contribution in [0.15, 0.2) is 11.5 Å². The van der Waals surface area contributed by atoms with Crippen LogP contribution in [0.5, 0.6) is 0 Å². The van der Waals surface area contributed by atoms with E-state index in [1.54, 1.807) is 13.8 Å². The van der Waals surface area contributed by atoms with Gasteiger partial charge in [0.05, 0.1) is 18.4 Å². The topological polar surface area (TPSA) is 84.9 Å². The summed E-state index contributed by atoms with van der Waals surface area (Å²) in [6.45, 7) is 5.37. The monoisotopic (exact) mass is 233 g/mol. The highest BCUT2D eigenvalue weighted by atomic mass is 16.5. The fraction of sp³-hybridized carbons (Fsp3) is 0.818. The number of aliphatic hydroxyl groups excluding tert-OH is 2. The predicted molar refractivity (Wildman–Crippen MR) is 62.0 cm³/mol. The lowest BCUT2D eigenvalue weighted by Crippen LogP contribution is -2.38. The Morgan fingerprint density at radius 2 is 2.00 bits per heavy atom. The minimum atomic E-state index is -0.827. The molecule has 4 N–H and O–H groups in total. The van der Waals surface area contributed by atoms with Gasteiger partial charge < -0.3 is 25.4 Å². The molecule has 0 bridgehead atoms. The molecule has 0 aliphatic heterocycles. The van der Waals surface area contributed by atoms with Crippen LogP contribution in [-0.4, -0.2) is 42.2 Å². The highest BCUT2D eigenvalue weighted by Gasteiger charge is 2.28. The second-order valence-electron chi connectivity index (χ2n) is 4.13. The van der Waals surface area contributed by atoms with Crippen LogP contribution < -0.4 is 5.73 Å². The number of ether oxygens (including phenoxy) is 2. The van der Waals surface area contributed by atoms with Gasteiger partial charge in [0.1, 0.15) is 18.0 Å². The number of rotatable bonds is 7. The van der Waals surface area contributed by atoms with Crippen molar-refractivity contribution in [3.63, 3.8) is 0 Å². The van der Waals surface area contributed by atoms with Crippen LogP contribution in [-0.2, 0) is 9.47 Å². The van der Waals surface area contributed by atoms with E-state index in [1.165, 1.54) is 7.11 Å². The molecule has 0 saturated heterocycles. The first-order valence-electron chi connectivity index (χ1n) is 5.34. The van der Waals surface area contributed by atoms with E-state index in [0.29, 0.717) is 6.42 Å². The second-order valence-corrected chi connectivity index (χ2v) is 4.13. The average molecular weight is 233 g/mol. The minimum Gasteiger partial charge on any atom is -0.508 e. The molecule has 0 aromatic heterocycles. The summed E-state index contributed by atoms with van der Waals surface area (Å²) >= 11 is 0. The highest BCUT2D eigenvalue weighted by molar-refractivity contribution is 5.15. The molecule has 16 heavy (non-hydrogen) atoms. The largest absolute Gasteiger partial charge is 0.508 e. The molecule has 96 valence electrons. The fourth-order valence-electron chi connectivity index (χ4n) is 1.29. The van der Waals surface area contributed by atoms with Gasteiger partial charge in [0.15, 0.2) is 0 Å². The van der Waals surface area contributed by atoms with E-state index < -0.39 is 5.60 Å². The Morgan fingerprint density at radius 3 is 2.38 bits per heavy atom. The van der Waals surface area contributed by atoms with Crippen molar-refractivity contribution in [3.05, 3.63) is 11.5 Å². The van der Waals surface area contributed by atoms with Gasteiger partial charge >= 0.3 is 0 Å². The maximum absolute atomic E-state index is 9.60. The molecule has 0 aromatic rings. The predicted octanol–water partition coefficient (Wildman–Crippen LogP) is 0.927. The SMILES string of the molecule is CCC(CO)OC(C)(C)/C(N)=C(/O)COC. The lowest BCUT2D eigenvalue weighted by Gasteiger charge is -2.30. The standard InChI is InChI=1S/C11H23NO4/c1-5-8(6-13)16-11(2,3)10(12)9(14)7-15-4/h8,13-14H,5-7,12H2,1-4H3/b10-9-. The molecule has 0 spiro atoms. The molecule has 0 aliphatic carbocycles. The Balaban J connectivity index is 4.69. The Hall–Kier alpha value is -0.780. The van der Waals surface area contributed by atoms with E-state index in [1.807, 2.05) is 6.92 Å². The fourth-order valence-corrected chi connectivity index (χ4v) is 1.29. The van der Waals surface area contributed by atoms with Gasteiger partial charge in [-0.2, -0.15) is 0 Å². The first-order chi connectivity index (χ1) is 7.38. The van der Waals surface area contributed by atoms with Crippen molar-refractivity contribution >= 4 is 0 Å². The lowest BCUT2D eigenvalue weighted by atomic mass is 10.0. The van der Waals surface area contributed by atoms with Gasteiger partial charge in [0, 0.05) is 7.11 Å². The van der Waals surface area contributed by atoms with E-state index in [-0.39, 0.29) is 30.8 Å². The zero-order valence-electron chi connectivity index (χ0n) is 10.5. The molecule has 5 heteroatoms. The van der Waals surface area contributed by atoms with Crippen molar-refractivity contribution < 1.29 is 19.7 Å². The third-order valence-corrected chi connectivity index (χ3v) is 2.36. The summed E-state index contributed by atoms with van der Waals surface area (Å²) in [4.78, 5) is 0. The molecule has 0 aromatic carbocycles. The first-order valence-corrected chi connectivity index (χ1v) is 5.34. The summed E-state index contributed by atoms with van der Waals surface area (Å²) in [6, 6.07) is 0. The number of hydrogen-bond acceptors (Lipinski definition) is 5. The quantitative estimate of drug-likeness (QED) is 0.569. The molecule has 0 aliphatic rings. The van der Waals surface area contributed by atoms with Gasteiger partial charge in [-0.1, -0.05) is 6.92 Å². The summed E-state index contributed by atoms with van der Waals surface area (Å²) in [5.41, 5.74) is 5.18. The van der Waals surface area contributed by atoms with Gasteiger partial charge in [-0.15, -0.1) is 0 Å². The van der Waals surface area contributed by atoms with Crippen molar-refractivity contribution in [1.82, 2.24) is 0 Å². The van der Waals surface area contributed by atoms with Crippen LogP contribution in [0.4, 0.5) is 0 Å². The van der Waals surface area contributed by atoms with Crippen LogP contribution in [0, 0.1) is 0 Å². The van der Waals surface area contributed by atoms with E-state index in [0.717, 1.165) is 0 Å². The summed E-state index contributed by atoms with van der Waals surface area (Å²) in [5, 5.41) is 18.6. The molecule has 0 saturated carbocycles. The molecular weight excluding hydrogens is 210 g/mol. The number of aliphatic hydroxyl groups is 2. The summed E-state index contributed by atoms with van der Waals surface area (Å²) in [5.74, 6) is -0.0414. The molecule has 0 rings (SSSR count). The van der Waals surface area contributed by atoms with Crippen LogP contribution in [0.25, 0.3) is 0 Å². The molecule has 0 fully saturated rings. The van der Waals surface area contributed by atoms with Gasteiger partial charge in [-0.25, -0.2) is 0 Å². The van der Waals surface area contributed by atoms with Crippen molar-refractivity contribution in [1.29, 1.82) is 0 Å². The highest BCUT2D eigenvalue weighted by Crippen LogP contribution is 2.21. The Kier molecular flexibility index (Phi) is 6.40. The van der Waals surface area contributed by atoms with Crippen LogP contribution in [0.2, 0.25) is 0 Å². The molecular formula is C11H23NO4. The number of methoxy groups -OCH3 is 1. The zero-order chi connectivity index (χ0) is 12.8. The summed E-state index contributed by atoms with van der Waals surface area (Å²) in [7, 11) is 1.47. The summed E-state index contributed by atoms with van der Waals surface area (Å²) in [6.07, 6.45) is 0.391. The lowest BCUT2D eigenvalue weighted by molar-refractivity contribution is -0.0739. The van der Waals surface area contributed by atoms with Gasteiger partial charge in [-0.05, 0) is 20.3 Å². The Labute approximate surface area is 96.9 Å². The third-order valence-electron chi connectivity index (χ3n) is 2.36. The van der Waals surface area contributed by atoms with Crippen LogP contribution >= 0.6 is 0 Å². The third kappa shape index (κ3) is 4.38. The van der Waals surface area contributed by atoms with Crippen molar-refractivity contribution in [2.75, 3.05) is 20.3 Å². The van der Waals surface area contributed by atoms with Gasteiger partial charge in [0.25, 0.3) is 0 Å². The molecule has 0 heterocycles. The molecule has 1 unspecified atom stereocenters. The van der Waals surface area contributed by atoms with Crippen molar-refractivity contribution in [2.24, 2.45) is 5.73 Å². The Morgan fingerprint density at radius 1 is 1.44 bits per heavy atom. The number of hydrogen-bond donors (Lipinski definition) is 3. The molecule has 1 atom stereocenters. The normalized spacial score (nSPS) is 15.8. The average Bonchev–Trinajstić information content (AvgIpc) is 2.25. The molecule has 0 amide bonds. The minimum absolute atomic E-state index is 0.0414. The maximum Gasteiger partial charge on any atom is 0.139 e. The van der Waals surface area contributed by atoms with E-state index in [4.69, 9.17) is 20.3 Å². The Bertz CT molecular complexity index is 234. The van der Waals surface area contributed by atoms with Crippen molar-refractivity contribution in [3.8, 4) is 0 Å². The van der Waals surface area contributed by atoms with Crippen LogP contribution in [0.3, 0.4) is 0 Å². The van der Waals surface area contributed by atoms with Crippen LogP contribution in [0.1, 0.15) is 27.2 Å². The van der Waals surface area contributed by atoms with E-state index in [9.17, 15) is 5.11 Å². The van der Waals surface area contributed by atoms with Gasteiger partial charge in [-0.3, -0.25) is 0 Å². The first kappa shape index (κ1) is 15.2. The maximum atomic E-state index is 9.60.